The third kappa shape index (κ3) is 2.40. The second kappa shape index (κ2) is 4.20. The lowest BCUT2D eigenvalue weighted by molar-refractivity contribution is -0.159. The van der Waals surface area contributed by atoms with E-state index < -0.39 is 11.8 Å². The molecule has 13 heavy (non-hydrogen) atoms. The van der Waals surface area contributed by atoms with Gasteiger partial charge in [-0.2, -0.15) is 5.12 Å². The molecule has 1 saturated heterocycles. The SMILES string of the molecule is NC(=O)C(=O)N(N)N1CCCCC1. The Morgan fingerprint density at radius 3 is 2.15 bits per heavy atom. The van der Waals surface area contributed by atoms with Gasteiger partial charge in [0.15, 0.2) is 0 Å². The molecule has 1 aliphatic heterocycles. The number of primary amides is 1. The van der Waals surface area contributed by atoms with Crippen molar-refractivity contribution in [3.8, 4) is 0 Å². The number of amides is 2. The van der Waals surface area contributed by atoms with Crippen molar-refractivity contribution in [1.29, 1.82) is 0 Å². The van der Waals surface area contributed by atoms with Crippen molar-refractivity contribution >= 4 is 11.8 Å². The molecule has 0 atom stereocenters. The fraction of sp³-hybridized carbons (Fsp3) is 0.714. The first-order valence-corrected chi connectivity index (χ1v) is 4.26. The molecular formula is C7H14N4O2. The predicted molar refractivity (Wildman–Crippen MR) is 45.7 cm³/mol. The number of hydrazine groups is 2. The summed E-state index contributed by atoms with van der Waals surface area (Å²) < 4.78 is 0. The maximum absolute atomic E-state index is 11.0. The Bertz CT molecular complexity index is 213. The Morgan fingerprint density at radius 2 is 1.69 bits per heavy atom. The van der Waals surface area contributed by atoms with Gasteiger partial charge >= 0.3 is 11.8 Å². The quantitative estimate of drug-likeness (QED) is 0.227. The summed E-state index contributed by atoms with van der Waals surface area (Å²) in [7, 11) is 0. The van der Waals surface area contributed by atoms with Crippen LogP contribution < -0.4 is 11.6 Å². The van der Waals surface area contributed by atoms with Gasteiger partial charge in [0.05, 0.1) is 0 Å². The molecule has 0 aromatic rings. The average Bonchev–Trinajstić information content (AvgIpc) is 2.17. The van der Waals surface area contributed by atoms with E-state index in [1.165, 1.54) is 0 Å². The van der Waals surface area contributed by atoms with E-state index >= 15 is 0 Å². The second-order valence-corrected chi connectivity index (χ2v) is 3.03. The summed E-state index contributed by atoms with van der Waals surface area (Å²) in [5, 5.41) is 2.46. The predicted octanol–water partition coefficient (Wildman–Crippen LogP) is -1.43. The Hall–Kier alpha value is -1.14. The molecule has 6 heteroatoms. The Labute approximate surface area is 76.4 Å². The number of nitrogens with zero attached hydrogens (tertiary/aromatic N) is 2. The van der Waals surface area contributed by atoms with E-state index in [2.05, 4.69) is 0 Å². The van der Waals surface area contributed by atoms with Crippen molar-refractivity contribution in [2.24, 2.45) is 11.6 Å². The van der Waals surface area contributed by atoms with Crippen LogP contribution in [-0.4, -0.2) is 35.0 Å². The molecule has 2 amide bonds. The molecule has 1 heterocycles. The molecule has 6 nitrogen and oxygen atoms in total. The number of piperidine rings is 1. The van der Waals surface area contributed by atoms with E-state index in [4.69, 9.17) is 11.6 Å². The summed E-state index contributed by atoms with van der Waals surface area (Å²) in [6, 6.07) is 0. The lowest BCUT2D eigenvalue weighted by Gasteiger charge is -2.32. The third-order valence-electron chi connectivity index (χ3n) is 2.06. The first-order chi connectivity index (χ1) is 6.13. The molecule has 0 spiro atoms. The molecule has 74 valence electrons. The smallest absolute Gasteiger partial charge is 0.340 e. The van der Waals surface area contributed by atoms with Crippen LogP contribution in [0.5, 0.6) is 0 Å². The Kier molecular flexibility index (Phi) is 3.21. The summed E-state index contributed by atoms with van der Waals surface area (Å²) in [5.41, 5.74) is 4.81. The van der Waals surface area contributed by atoms with Crippen LogP contribution in [-0.2, 0) is 9.59 Å². The van der Waals surface area contributed by atoms with E-state index in [9.17, 15) is 9.59 Å². The zero-order valence-corrected chi connectivity index (χ0v) is 7.40. The van der Waals surface area contributed by atoms with Gasteiger partial charge in [-0.1, -0.05) is 6.42 Å². The molecule has 0 bridgehead atoms. The molecule has 1 aliphatic rings. The first-order valence-electron chi connectivity index (χ1n) is 4.26. The van der Waals surface area contributed by atoms with Crippen LogP contribution in [0.4, 0.5) is 0 Å². The largest absolute Gasteiger partial charge is 0.361 e. The van der Waals surface area contributed by atoms with Crippen LogP contribution in [0.3, 0.4) is 0 Å². The highest BCUT2D eigenvalue weighted by Gasteiger charge is 2.23. The molecule has 0 unspecified atom stereocenters. The fourth-order valence-electron chi connectivity index (χ4n) is 1.33. The van der Waals surface area contributed by atoms with Gasteiger partial charge in [-0.05, 0) is 12.8 Å². The molecule has 0 aromatic heterocycles. The fourth-order valence-corrected chi connectivity index (χ4v) is 1.33. The number of nitrogens with two attached hydrogens (primary N) is 2. The van der Waals surface area contributed by atoms with Crippen molar-refractivity contribution in [3.05, 3.63) is 0 Å². The Morgan fingerprint density at radius 1 is 1.15 bits per heavy atom. The van der Waals surface area contributed by atoms with Crippen LogP contribution in [0, 0.1) is 0 Å². The summed E-state index contributed by atoms with van der Waals surface area (Å²) in [5.74, 6) is 3.52. The first kappa shape index (κ1) is 9.94. The number of hydrogen-bond donors (Lipinski definition) is 2. The van der Waals surface area contributed by atoms with E-state index in [0.29, 0.717) is 13.1 Å². The molecule has 4 N–H and O–H groups in total. The summed E-state index contributed by atoms with van der Waals surface area (Å²) >= 11 is 0. The van der Waals surface area contributed by atoms with Gasteiger partial charge < -0.3 is 5.73 Å². The van der Waals surface area contributed by atoms with Crippen molar-refractivity contribution in [2.75, 3.05) is 13.1 Å². The maximum Gasteiger partial charge on any atom is 0.340 e. The van der Waals surface area contributed by atoms with E-state index in [1.54, 1.807) is 5.01 Å². The van der Waals surface area contributed by atoms with Crippen molar-refractivity contribution in [3.63, 3.8) is 0 Å². The zero-order valence-electron chi connectivity index (χ0n) is 7.40. The van der Waals surface area contributed by atoms with Gasteiger partial charge in [-0.25, -0.2) is 10.9 Å². The van der Waals surface area contributed by atoms with Crippen molar-refractivity contribution in [1.82, 2.24) is 10.1 Å². The maximum atomic E-state index is 11.0. The Balaban J connectivity index is 2.49. The van der Waals surface area contributed by atoms with Crippen LogP contribution in [0.15, 0.2) is 0 Å². The van der Waals surface area contributed by atoms with Crippen LogP contribution in [0.1, 0.15) is 19.3 Å². The van der Waals surface area contributed by atoms with Crippen molar-refractivity contribution < 1.29 is 9.59 Å². The van der Waals surface area contributed by atoms with Crippen molar-refractivity contribution in [2.45, 2.75) is 19.3 Å². The number of hydrogen-bond acceptors (Lipinski definition) is 4. The highest BCUT2D eigenvalue weighted by atomic mass is 16.2. The zero-order chi connectivity index (χ0) is 9.84. The van der Waals surface area contributed by atoms with Crippen LogP contribution >= 0.6 is 0 Å². The molecule has 0 radical (unpaired) electrons. The standard InChI is InChI=1S/C7H14N4O2/c8-6(12)7(13)11(9)10-4-2-1-3-5-10/h1-5,9H2,(H2,8,12). The lowest BCUT2D eigenvalue weighted by Crippen LogP contribution is -2.56. The number of rotatable bonds is 1. The molecule has 0 aliphatic carbocycles. The molecule has 1 fully saturated rings. The van der Waals surface area contributed by atoms with Gasteiger partial charge in [0.1, 0.15) is 0 Å². The summed E-state index contributed by atoms with van der Waals surface area (Å²) in [4.78, 5) is 21.5. The normalized spacial score (nSPS) is 18.2. The van der Waals surface area contributed by atoms with Gasteiger partial charge in [-0.15, -0.1) is 0 Å². The van der Waals surface area contributed by atoms with E-state index in [1.807, 2.05) is 0 Å². The second-order valence-electron chi connectivity index (χ2n) is 3.03. The molecule has 0 saturated carbocycles. The van der Waals surface area contributed by atoms with Gasteiger partial charge in [0.2, 0.25) is 0 Å². The lowest BCUT2D eigenvalue weighted by atomic mass is 10.2. The summed E-state index contributed by atoms with van der Waals surface area (Å²) in [6.07, 6.45) is 3.11. The minimum atomic E-state index is -1.02. The average molecular weight is 186 g/mol. The highest BCUT2D eigenvalue weighted by Crippen LogP contribution is 2.09. The van der Waals surface area contributed by atoms with Gasteiger partial charge in [-0.3, -0.25) is 9.59 Å². The minimum Gasteiger partial charge on any atom is -0.361 e. The molecule has 0 aromatic carbocycles. The van der Waals surface area contributed by atoms with Gasteiger partial charge in [0.25, 0.3) is 0 Å². The monoisotopic (exact) mass is 186 g/mol. The number of carbonyl (C=O) groups excluding carboxylic acids is 2. The van der Waals surface area contributed by atoms with E-state index in [-0.39, 0.29) is 0 Å². The highest BCUT2D eigenvalue weighted by molar-refractivity contribution is 6.34. The topological polar surface area (TPSA) is 92.7 Å². The van der Waals surface area contributed by atoms with E-state index in [0.717, 1.165) is 24.4 Å². The minimum absolute atomic E-state index is 0.704. The number of carbonyl (C=O) groups is 2. The van der Waals surface area contributed by atoms with Crippen LogP contribution in [0.25, 0.3) is 0 Å². The van der Waals surface area contributed by atoms with Crippen LogP contribution in [0.2, 0.25) is 0 Å². The molecular weight excluding hydrogens is 172 g/mol. The molecule has 1 rings (SSSR count). The van der Waals surface area contributed by atoms with Gasteiger partial charge in [0, 0.05) is 13.1 Å². The third-order valence-corrected chi connectivity index (χ3v) is 2.06. The summed E-state index contributed by atoms with van der Waals surface area (Å²) in [6.45, 7) is 1.41.